The first kappa shape index (κ1) is 88.7. The quantitative estimate of drug-likeness (QED) is 0.0689. The highest BCUT2D eigenvalue weighted by Crippen LogP contribution is 2.48. The fraction of sp³-hybridized carbons (Fsp3) is 0.0427. The molecule has 0 fully saturated rings. The van der Waals surface area contributed by atoms with Crippen molar-refractivity contribution < 1.29 is 44.9 Å². The second kappa shape index (κ2) is 39.2. The summed E-state index contributed by atoms with van der Waals surface area (Å²) in [6.45, 7) is 4.58. The highest BCUT2D eigenvalue weighted by Gasteiger charge is 2.37. The van der Waals surface area contributed by atoms with Crippen LogP contribution in [0.4, 0.5) is 26.3 Å². The van der Waals surface area contributed by atoms with Gasteiger partial charge in [-0.15, -0.1) is 0 Å². The van der Waals surface area contributed by atoms with Gasteiger partial charge in [0.15, 0.2) is 6.20 Å². The van der Waals surface area contributed by atoms with E-state index in [1.807, 2.05) is 231 Å². The van der Waals surface area contributed by atoms with Crippen LogP contribution in [0.3, 0.4) is 0 Å². The first-order chi connectivity index (χ1) is 68.0. The average Bonchev–Trinajstić information content (AvgIpc) is 1.59. The molecule has 26 aromatic rings. The van der Waals surface area contributed by atoms with Crippen molar-refractivity contribution in [3.05, 3.63) is 490 Å². The van der Waals surface area contributed by atoms with Crippen molar-refractivity contribution >= 4 is 127 Å². The Morgan fingerprint density at radius 1 is 0.324 bits per heavy atom. The molecule has 0 saturated heterocycles. The van der Waals surface area contributed by atoms with E-state index < -0.39 is 23.5 Å². The molecule has 0 unspecified atom stereocenters. The standard InChI is InChI=1S/C17H12N2.C16H9F3N2.C16H14N2.C15H12N2.C14H9F3N2.3C13H10N2/c1-2-7-14(8-3-1)19-17-11-10-13-6-4-5-9-15(13)16(17)12-18-19;17-16(18,19)12-5-3-7-14-10(12)8-9-15-11-4-1-2-6-13(11)20-21(14)15;1-16(2)11-7-4-3-6-10(11)15-14-12(16)8-5-9-13(14)17-18-15;1-2-6-13(7-3-1)10-11-17-12-14-8-4-5-9-15(14)16-17;15-14(16,17)11-5-3-6-12(8-11)19-9-10-4-1-2-7-13(10)18-19;1-2-7-12(8-3-1)15-10-11-6-4-5-9-13(11)14-15;1-2-7-12(8-3-1)15-13-9-5-4-6-11(13)10-14-15;1-2-6-10(7-3-1)13-11-8-4-5-9-12(11)14-15-13/h1-12H;1-9H;3-9H,1-2H3,(H,17,18);1-12H;1-9H;2*1-10H;1-9H,(H,14,15)/p+4/b;;;11-10+;;;;. The lowest BCUT2D eigenvalue weighted by Crippen LogP contribution is -2.31. The summed E-state index contributed by atoms with van der Waals surface area (Å²) in [5.74, 6) is 0. The van der Waals surface area contributed by atoms with Gasteiger partial charge in [0.25, 0.3) is 0 Å². The van der Waals surface area contributed by atoms with E-state index in [9.17, 15) is 26.3 Å². The molecule has 27 rings (SSSR count). The van der Waals surface area contributed by atoms with Crippen molar-refractivity contribution in [1.29, 1.82) is 0 Å². The van der Waals surface area contributed by atoms with Crippen LogP contribution in [0.25, 0.3) is 172 Å². The third-order valence-corrected chi connectivity index (χ3v) is 24.4. The number of H-pyrrole nitrogens is 6. The van der Waals surface area contributed by atoms with Crippen molar-refractivity contribution in [1.82, 2.24) is 60.4 Å². The zero-order valence-corrected chi connectivity index (χ0v) is 75.3. The minimum absolute atomic E-state index is 0.0347. The van der Waals surface area contributed by atoms with Crippen molar-refractivity contribution in [3.63, 3.8) is 0 Å². The molecule has 9 heterocycles. The number of para-hydroxylation sites is 9. The molecule has 16 nitrogen and oxygen atoms in total. The zero-order chi connectivity index (χ0) is 94.8. The van der Waals surface area contributed by atoms with Gasteiger partial charge < -0.3 is 0 Å². The molecule has 0 saturated carbocycles. The molecule has 0 bridgehead atoms. The Kier molecular flexibility index (Phi) is 25.0. The van der Waals surface area contributed by atoms with Gasteiger partial charge >= 0.3 is 12.4 Å². The van der Waals surface area contributed by atoms with Gasteiger partial charge in [-0.1, -0.05) is 311 Å². The predicted molar refractivity (Wildman–Crippen MR) is 544 cm³/mol. The lowest BCUT2D eigenvalue weighted by atomic mass is 9.70. The third-order valence-electron chi connectivity index (χ3n) is 24.4. The zero-order valence-electron chi connectivity index (χ0n) is 75.3. The molecule has 0 amide bonds. The summed E-state index contributed by atoms with van der Waals surface area (Å²) >= 11 is 0. The monoisotopic (exact) mass is 1830 g/mol. The van der Waals surface area contributed by atoms with Gasteiger partial charge in [-0.25, -0.2) is 9.36 Å². The highest BCUT2D eigenvalue weighted by molar-refractivity contribution is 6.07. The van der Waals surface area contributed by atoms with E-state index in [0.717, 1.165) is 113 Å². The maximum absolute atomic E-state index is 13.1. The number of pyridine rings is 1. The van der Waals surface area contributed by atoms with E-state index in [1.54, 1.807) is 33.6 Å². The number of hydrogen-bond acceptors (Lipinski definition) is 4. The number of rotatable bonds is 7. The number of benzene rings is 17. The van der Waals surface area contributed by atoms with Crippen LogP contribution >= 0.6 is 0 Å². The van der Waals surface area contributed by atoms with Crippen LogP contribution in [-0.4, -0.2) is 60.4 Å². The van der Waals surface area contributed by atoms with Gasteiger partial charge in [-0.3, -0.25) is 10.2 Å². The number of aromatic nitrogens is 16. The SMILES string of the molecule is C(=C\[n+]1cc2ccccc2[nH]1)/c1ccccc1.CC1(C)c2ccccc2-c2n[nH]c3cccc1c23.FC(F)(F)c1cccc(-[n+]2cc3ccccc3[nH]2)c1.FC(F)(F)c1cccc2c1ccc1c3ccccc3[nH][n+]21.c1ccc(-[n+]2cc3ccccc3[nH]2)cc1.c1ccc(-c2n[nH]c3ccccc23)cc1.c1ccc(-n2ncc3c4ccccc4ccc32)cc1.c1ccc(-n2ncc3ccccc32)cc1. The highest BCUT2D eigenvalue weighted by atomic mass is 19.4. The predicted octanol–water partition coefficient (Wildman–Crippen LogP) is 27.4. The van der Waals surface area contributed by atoms with Gasteiger partial charge in [0.2, 0.25) is 41.0 Å². The fourth-order valence-electron chi connectivity index (χ4n) is 17.6. The molecule has 17 aromatic carbocycles. The number of alkyl halides is 6. The Balaban J connectivity index is 0.0000000980. The molecule has 0 atom stereocenters. The van der Waals surface area contributed by atoms with Crippen LogP contribution in [0.15, 0.2) is 462 Å². The van der Waals surface area contributed by atoms with E-state index in [1.165, 1.54) is 83.5 Å². The maximum Gasteiger partial charge on any atom is 0.417 e. The maximum atomic E-state index is 13.1. The van der Waals surface area contributed by atoms with Gasteiger partial charge in [0.1, 0.15) is 27.8 Å². The van der Waals surface area contributed by atoms with Crippen LogP contribution in [0.2, 0.25) is 0 Å². The summed E-state index contributed by atoms with van der Waals surface area (Å²) in [5.41, 5.74) is 20.9. The van der Waals surface area contributed by atoms with Gasteiger partial charge in [-0.05, 0) is 143 Å². The first-order valence-electron chi connectivity index (χ1n) is 45.3. The molecule has 0 radical (unpaired) electrons. The van der Waals surface area contributed by atoms with E-state index >= 15 is 0 Å². The molecule has 9 aromatic heterocycles. The van der Waals surface area contributed by atoms with E-state index in [-0.39, 0.29) is 10.8 Å². The van der Waals surface area contributed by atoms with Gasteiger partial charge in [0, 0.05) is 80.6 Å². The lowest BCUT2D eigenvalue weighted by Gasteiger charge is -2.32. The smallest absolute Gasteiger partial charge is 0.277 e. The number of fused-ring (bicyclic) bond motifs is 15. The van der Waals surface area contributed by atoms with E-state index in [4.69, 9.17) is 0 Å². The summed E-state index contributed by atoms with van der Waals surface area (Å²) in [5, 5.41) is 48.6. The van der Waals surface area contributed by atoms with Crippen LogP contribution < -0.4 is 18.6 Å². The minimum Gasteiger partial charge on any atom is -0.277 e. The summed E-state index contributed by atoms with van der Waals surface area (Å²) < 4.78 is 88.5. The number of aromatic amines is 6. The summed E-state index contributed by atoms with van der Waals surface area (Å²) in [4.78, 5) is 0. The second-order valence-corrected chi connectivity index (χ2v) is 33.7. The van der Waals surface area contributed by atoms with Crippen LogP contribution in [-0.2, 0) is 17.8 Å². The van der Waals surface area contributed by atoms with Gasteiger partial charge in [0.05, 0.1) is 89.6 Å². The van der Waals surface area contributed by atoms with Gasteiger partial charge in [-0.2, -0.15) is 67.1 Å². The number of halogens is 6. The Labute approximate surface area is 793 Å². The molecule has 1 aliphatic rings. The average molecular weight is 1830 g/mol. The molecule has 6 N–H and O–H groups in total. The Morgan fingerprint density at radius 3 is 1.47 bits per heavy atom. The molecule has 0 aliphatic heterocycles. The van der Waals surface area contributed by atoms with Crippen molar-refractivity contribution in [3.8, 4) is 45.3 Å². The Bertz CT molecular complexity index is 8570. The largest absolute Gasteiger partial charge is 0.417 e. The number of hydrogen-bond donors (Lipinski definition) is 6. The molecule has 676 valence electrons. The molecule has 0 spiro atoms. The normalized spacial score (nSPS) is 11.9. The molecule has 22 heteroatoms. The Morgan fingerprint density at radius 2 is 0.813 bits per heavy atom. The first-order valence-corrected chi connectivity index (χ1v) is 45.3. The number of nitrogens with zero attached hydrogens (tertiary/aromatic N) is 10. The molecular weight excluding hydrogens is 1740 g/mol. The topological polar surface area (TPSA) is 172 Å². The summed E-state index contributed by atoms with van der Waals surface area (Å²) in [6, 6.07) is 140. The summed E-state index contributed by atoms with van der Waals surface area (Å²) in [7, 11) is 0. The molecule has 1 aliphatic carbocycles. The van der Waals surface area contributed by atoms with Crippen LogP contribution in [0, 0.1) is 0 Å². The van der Waals surface area contributed by atoms with Crippen molar-refractivity contribution in [2.24, 2.45) is 0 Å². The molecule has 139 heavy (non-hydrogen) atoms. The lowest BCUT2D eigenvalue weighted by molar-refractivity contribution is -0.653. The number of nitrogens with one attached hydrogen (secondary N) is 6. The van der Waals surface area contributed by atoms with E-state index in [0.29, 0.717) is 11.2 Å². The van der Waals surface area contributed by atoms with Crippen LogP contribution in [0.1, 0.15) is 41.7 Å². The second-order valence-electron chi connectivity index (χ2n) is 33.7. The fourth-order valence-corrected chi connectivity index (χ4v) is 17.6. The van der Waals surface area contributed by atoms with Crippen LogP contribution in [0.5, 0.6) is 0 Å². The third kappa shape index (κ3) is 19.1. The Hall–Kier alpha value is -18.2. The van der Waals surface area contributed by atoms with Crippen molar-refractivity contribution in [2.45, 2.75) is 31.6 Å². The molecular formula is C117H90F6N16+4. The van der Waals surface area contributed by atoms with Crippen molar-refractivity contribution in [2.75, 3.05) is 0 Å². The minimum atomic E-state index is -4.36. The summed E-state index contributed by atoms with van der Waals surface area (Å²) in [6.07, 6.45) is 5.20. The van der Waals surface area contributed by atoms with E-state index in [2.05, 4.69) is 265 Å².